The number of benzene rings is 1. The van der Waals surface area contributed by atoms with Gasteiger partial charge >= 0.3 is 0 Å². The van der Waals surface area contributed by atoms with Crippen LogP contribution in [-0.4, -0.2) is 32.2 Å². The largest absolute Gasteiger partial charge is 0.492 e. The maximum atomic E-state index is 5.64. The molecule has 130 valence electrons. The molecule has 1 heterocycles. The van der Waals surface area contributed by atoms with Crippen LogP contribution in [-0.2, 0) is 6.42 Å². The van der Waals surface area contributed by atoms with E-state index >= 15 is 0 Å². The molecule has 0 amide bonds. The van der Waals surface area contributed by atoms with E-state index in [4.69, 9.17) is 9.15 Å². The van der Waals surface area contributed by atoms with Crippen molar-refractivity contribution in [1.82, 2.24) is 10.6 Å². The average Bonchev–Trinajstić information content (AvgIpc) is 3.10. The van der Waals surface area contributed by atoms with Gasteiger partial charge < -0.3 is 19.8 Å². The van der Waals surface area contributed by atoms with Gasteiger partial charge in [-0.15, -0.1) is 30.6 Å². The number of guanidine groups is 1. The number of furan rings is 1. The van der Waals surface area contributed by atoms with E-state index in [1.54, 1.807) is 12.3 Å². The maximum Gasteiger partial charge on any atom is 0.191 e. The van der Waals surface area contributed by atoms with Crippen LogP contribution in [0.15, 0.2) is 70.8 Å². The van der Waals surface area contributed by atoms with E-state index in [1.165, 1.54) is 0 Å². The lowest BCUT2D eigenvalue weighted by Crippen LogP contribution is -2.39. The van der Waals surface area contributed by atoms with E-state index in [0.29, 0.717) is 26.2 Å². The van der Waals surface area contributed by atoms with Crippen LogP contribution in [0.1, 0.15) is 5.76 Å². The van der Waals surface area contributed by atoms with Gasteiger partial charge in [-0.2, -0.15) is 0 Å². The lowest BCUT2D eigenvalue weighted by Gasteiger charge is -2.12. The summed E-state index contributed by atoms with van der Waals surface area (Å²) in [4.78, 5) is 4.51. The Morgan fingerprint density at radius 2 is 2.00 bits per heavy atom. The molecule has 0 spiro atoms. The van der Waals surface area contributed by atoms with Gasteiger partial charge in [0, 0.05) is 19.5 Å². The van der Waals surface area contributed by atoms with E-state index < -0.39 is 0 Å². The highest BCUT2D eigenvalue weighted by Gasteiger charge is 1.99. The molecule has 0 aliphatic carbocycles. The average molecular weight is 441 g/mol. The number of nitrogens with one attached hydrogen (secondary N) is 2. The third kappa shape index (κ3) is 8.05. The Balaban J connectivity index is 0.00000288. The molecule has 2 N–H and O–H groups in total. The van der Waals surface area contributed by atoms with Crippen molar-refractivity contribution < 1.29 is 9.15 Å². The number of para-hydroxylation sites is 1. The van der Waals surface area contributed by atoms with Crippen LogP contribution in [0.25, 0.3) is 0 Å². The van der Waals surface area contributed by atoms with Gasteiger partial charge in [0.25, 0.3) is 0 Å². The quantitative estimate of drug-likeness (QED) is 0.206. The number of rotatable bonds is 9. The summed E-state index contributed by atoms with van der Waals surface area (Å²) in [5.74, 6) is 2.54. The first-order valence-electron chi connectivity index (χ1n) is 7.72. The molecule has 1 aromatic heterocycles. The molecule has 24 heavy (non-hydrogen) atoms. The van der Waals surface area contributed by atoms with E-state index in [2.05, 4.69) is 22.2 Å². The summed E-state index contributed by atoms with van der Waals surface area (Å²) in [5.41, 5.74) is 0. The topological polar surface area (TPSA) is 58.8 Å². The molecule has 5 nitrogen and oxygen atoms in total. The van der Waals surface area contributed by atoms with Crippen LogP contribution >= 0.6 is 24.0 Å². The monoisotopic (exact) mass is 441 g/mol. The van der Waals surface area contributed by atoms with Crippen molar-refractivity contribution in [3.05, 3.63) is 67.1 Å². The Labute approximate surface area is 160 Å². The second kappa shape index (κ2) is 12.5. The fraction of sp³-hybridized carbons (Fsp3) is 0.278. The van der Waals surface area contributed by atoms with Crippen molar-refractivity contribution in [2.24, 2.45) is 4.99 Å². The zero-order chi connectivity index (χ0) is 16.2. The van der Waals surface area contributed by atoms with Crippen molar-refractivity contribution in [1.29, 1.82) is 0 Å². The first kappa shape index (κ1) is 20.1. The van der Waals surface area contributed by atoms with Gasteiger partial charge in [-0.3, -0.25) is 4.99 Å². The summed E-state index contributed by atoms with van der Waals surface area (Å²) >= 11 is 0. The van der Waals surface area contributed by atoms with Crippen molar-refractivity contribution in [2.75, 3.05) is 26.2 Å². The van der Waals surface area contributed by atoms with Crippen molar-refractivity contribution in [2.45, 2.75) is 6.42 Å². The molecule has 0 aliphatic rings. The van der Waals surface area contributed by atoms with Crippen molar-refractivity contribution >= 4 is 29.9 Å². The van der Waals surface area contributed by atoms with Gasteiger partial charge in [0.05, 0.1) is 12.8 Å². The Morgan fingerprint density at radius 1 is 1.17 bits per heavy atom. The number of halogens is 1. The Bertz CT molecular complexity index is 586. The Hall–Kier alpha value is -1.96. The molecule has 0 atom stereocenters. The minimum Gasteiger partial charge on any atom is -0.492 e. The minimum absolute atomic E-state index is 0. The number of aliphatic imine (C=N–C) groups is 1. The highest BCUT2D eigenvalue weighted by atomic mass is 127. The number of hydrogen-bond donors (Lipinski definition) is 2. The van der Waals surface area contributed by atoms with Crippen LogP contribution in [0.3, 0.4) is 0 Å². The van der Waals surface area contributed by atoms with E-state index in [1.807, 2.05) is 42.5 Å². The Kier molecular flexibility index (Phi) is 10.4. The molecule has 2 rings (SSSR count). The molecule has 2 aromatic rings. The van der Waals surface area contributed by atoms with Gasteiger partial charge in [-0.05, 0) is 24.3 Å². The molecule has 0 saturated heterocycles. The van der Waals surface area contributed by atoms with Crippen molar-refractivity contribution in [3.63, 3.8) is 0 Å². The second-order valence-electron chi connectivity index (χ2n) is 4.82. The second-order valence-corrected chi connectivity index (χ2v) is 4.82. The molecular weight excluding hydrogens is 417 g/mol. The number of hydrogen-bond acceptors (Lipinski definition) is 3. The molecule has 0 fully saturated rings. The Morgan fingerprint density at radius 3 is 2.71 bits per heavy atom. The van der Waals surface area contributed by atoms with Crippen LogP contribution < -0.4 is 15.4 Å². The minimum atomic E-state index is 0. The number of nitrogens with zero attached hydrogens (tertiary/aromatic N) is 1. The zero-order valence-electron chi connectivity index (χ0n) is 13.6. The van der Waals surface area contributed by atoms with Crippen molar-refractivity contribution in [3.8, 4) is 5.75 Å². The SMILES string of the molecule is C=CCNC(=NCCc1ccco1)NCCOc1ccccc1.I. The lowest BCUT2D eigenvalue weighted by molar-refractivity contribution is 0.322. The molecule has 0 bridgehead atoms. The van der Waals surface area contributed by atoms with Crippen LogP contribution in [0, 0.1) is 0 Å². The summed E-state index contributed by atoms with van der Waals surface area (Å²) in [5, 5.41) is 6.42. The normalized spacial score (nSPS) is 10.6. The summed E-state index contributed by atoms with van der Waals surface area (Å²) in [7, 11) is 0. The first-order chi connectivity index (χ1) is 11.4. The molecule has 1 aromatic carbocycles. The standard InChI is InChI=1S/C18H23N3O2.HI/c1-2-11-19-18(20-12-10-17-9-6-14-22-17)21-13-15-23-16-7-4-3-5-8-16;/h2-9,14H,1,10-13,15H2,(H2,19,20,21);1H. The lowest BCUT2D eigenvalue weighted by atomic mass is 10.3. The van der Waals surface area contributed by atoms with Gasteiger partial charge in [-0.1, -0.05) is 24.3 Å². The van der Waals surface area contributed by atoms with Gasteiger partial charge in [-0.25, -0.2) is 0 Å². The predicted molar refractivity (Wildman–Crippen MR) is 108 cm³/mol. The molecule has 0 radical (unpaired) electrons. The molecule has 6 heteroatoms. The smallest absolute Gasteiger partial charge is 0.191 e. The number of ether oxygens (including phenoxy) is 1. The summed E-state index contributed by atoms with van der Waals surface area (Å²) in [6.07, 6.45) is 4.24. The van der Waals surface area contributed by atoms with E-state index in [9.17, 15) is 0 Å². The third-order valence-electron chi connectivity index (χ3n) is 3.03. The van der Waals surface area contributed by atoms with Crippen LogP contribution in [0.4, 0.5) is 0 Å². The summed E-state index contributed by atoms with van der Waals surface area (Å²) < 4.78 is 10.9. The zero-order valence-corrected chi connectivity index (χ0v) is 15.9. The fourth-order valence-electron chi connectivity index (χ4n) is 1.93. The molecule has 0 unspecified atom stereocenters. The van der Waals surface area contributed by atoms with Crippen LogP contribution in [0.2, 0.25) is 0 Å². The van der Waals surface area contributed by atoms with Gasteiger partial charge in [0.2, 0.25) is 0 Å². The summed E-state index contributed by atoms with van der Waals surface area (Å²) in [6, 6.07) is 13.6. The third-order valence-corrected chi connectivity index (χ3v) is 3.03. The molecular formula is C18H24IN3O2. The molecule has 0 saturated carbocycles. The summed E-state index contributed by atoms with van der Waals surface area (Å²) in [6.45, 7) is 6.25. The van der Waals surface area contributed by atoms with E-state index in [0.717, 1.165) is 23.9 Å². The maximum absolute atomic E-state index is 5.64. The van der Waals surface area contributed by atoms with Gasteiger partial charge in [0.1, 0.15) is 18.1 Å². The van der Waals surface area contributed by atoms with Crippen LogP contribution in [0.5, 0.6) is 5.75 Å². The first-order valence-corrected chi connectivity index (χ1v) is 7.72. The fourth-order valence-corrected chi connectivity index (χ4v) is 1.93. The highest BCUT2D eigenvalue weighted by Crippen LogP contribution is 2.07. The van der Waals surface area contributed by atoms with E-state index in [-0.39, 0.29) is 24.0 Å². The highest BCUT2D eigenvalue weighted by molar-refractivity contribution is 14.0. The van der Waals surface area contributed by atoms with Gasteiger partial charge in [0.15, 0.2) is 5.96 Å². The predicted octanol–water partition coefficient (Wildman–Crippen LogP) is 3.24. The molecule has 0 aliphatic heterocycles.